The Morgan fingerprint density at radius 1 is 1.12 bits per heavy atom. The summed E-state index contributed by atoms with van der Waals surface area (Å²) in [4.78, 5) is 35.4. The fourth-order valence-corrected chi connectivity index (χ4v) is 2.79. The number of hydrogen-bond donors (Lipinski definition) is 3. The summed E-state index contributed by atoms with van der Waals surface area (Å²) < 4.78 is 0. The number of Topliss-reactive ketones (excluding diaryl/α,β-unsaturated/α-hetero) is 1. The minimum atomic E-state index is -1.37. The topological polar surface area (TPSA) is 125 Å². The maximum atomic E-state index is 12.4. The number of nitrogens with one attached hydrogen (secondary N) is 2. The van der Waals surface area contributed by atoms with Crippen molar-refractivity contribution in [3.05, 3.63) is 29.8 Å². The number of carbonyl (C=O) groups is 3. The van der Waals surface area contributed by atoms with Crippen LogP contribution in [0, 0.1) is 17.2 Å². The van der Waals surface area contributed by atoms with Gasteiger partial charge in [0.2, 0.25) is 5.91 Å². The Morgan fingerprint density at radius 2 is 1.75 bits per heavy atom. The van der Waals surface area contributed by atoms with Crippen LogP contribution in [-0.4, -0.2) is 23.8 Å². The number of nitriles is 1. The normalized spacial score (nSPS) is 15.8. The van der Waals surface area contributed by atoms with Crippen molar-refractivity contribution < 1.29 is 14.4 Å². The summed E-state index contributed by atoms with van der Waals surface area (Å²) in [7, 11) is 0. The van der Waals surface area contributed by atoms with Crippen LogP contribution >= 0.6 is 0 Å². The third-order valence-electron chi connectivity index (χ3n) is 4.04. The zero-order valence-electron chi connectivity index (χ0n) is 13.2. The van der Waals surface area contributed by atoms with Crippen molar-refractivity contribution >= 4 is 23.4 Å². The molecule has 126 valence electrons. The zero-order chi connectivity index (χ0) is 17.5. The van der Waals surface area contributed by atoms with Gasteiger partial charge in [-0.25, -0.2) is 4.79 Å². The Kier molecular flexibility index (Phi) is 5.90. The molecule has 4 N–H and O–H groups in total. The van der Waals surface area contributed by atoms with Crippen LogP contribution in [0.3, 0.4) is 0 Å². The smallest absolute Gasteiger partial charge is 0.316 e. The molecule has 0 bridgehead atoms. The first-order valence-corrected chi connectivity index (χ1v) is 7.92. The molecule has 1 atom stereocenters. The van der Waals surface area contributed by atoms with E-state index in [1.54, 1.807) is 6.07 Å². The maximum Gasteiger partial charge on any atom is 0.316 e. The summed E-state index contributed by atoms with van der Waals surface area (Å²) in [6.45, 7) is 0. The van der Waals surface area contributed by atoms with Gasteiger partial charge in [-0.2, -0.15) is 5.26 Å². The van der Waals surface area contributed by atoms with E-state index in [9.17, 15) is 19.6 Å². The van der Waals surface area contributed by atoms with E-state index < -0.39 is 23.6 Å². The standard InChI is InChI=1S/C17H20N4O3/c18-10-14(16(23)20-12-4-2-1-3-5-12)15(22)11-6-8-13(9-7-11)21-17(19)24/h6-9,12,14H,1-5H2,(H,20,23)(H3,19,21,24). The van der Waals surface area contributed by atoms with Crippen LogP contribution in [0.5, 0.6) is 0 Å². The van der Waals surface area contributed by atoms with E-state index in [1.165, 1.54) is 24.3 Å². The Bertz CT molecular complexity index is 657. The van der Waals surface area contributed by atoms with Crippen LogP contribution in [0.25, 0.3) is 0 Å². The van der Waals surface area contributed by atoms with E-state index in [-0.39, 0.29) is 11.6 Å². The van der Waals surface area contributed by atoms with Crippen molar-refractivity contribution in [2.45, 2.75) is 38.1 Å². The molecule has 1 saturated carbocycles. The molecular weight excluding hydrogens is 308 g/mol. The lowest BCUT2D eigenvalue weighted by Gasteiger charge is -2.23. The van der Waals surface area contributed by atoms with Crippen LogP contribution in [-0.2, 0) is 4.79 Å². The van der Waals surface area contributed by atoms with Crippen molar-refractivity contribution in [3.8, 4) is 6.07 Å². The van der Waals surface area contributed by atoms with E-state index in [0.717, 1.165) is 32.1 Å². The van der Waals surface area contributed by atoms with Gasteiger partial charge in [0, 0.05) is 17.3 Å². The second-order valence-corrected chi connectivity index (χ2v) is 5.84. The molecule has 24 heavy (non-hydrogen) atoms. The molecule has 1 aliphatic carbocycles. The van der Waals surface area contributed by atoms with Crippen molar-refractivity contribution in [1.82, 2.24) is 5.32 Å². The molecule has 1 unspecified atom stereocenters. The predicted molar refractivity (Wildman–Crippen MR) is 88.1 cm³/mol. The molecular formula is C17H20N4O3. The number of hydrogen-bond acceptors (Lipinski definition) is 4. The maximum absolute atomic E-state index is 12.4. The molecule has 7 heteroatoms. The molecule has 3 amide bonds. The van der Waals surface area contributed by atoms with Gasteiger partial charge in [-0.1, -0.05) is 19.3 Å². The quantitative estimate of drug-likeness (QED) is 0.564. The van der Waals surface area contributed by atoms with Gasteiger partial charge < -0.3 is 16.4 Å². The number of urea groups is 1. The Morgan fingerprint density at radius 3 is 2.29 bits per heavy atom. The van der Waals surface area contributed by atoms with E-state index in [1.807, 2.05) is 0 Å². The molecule has 0 spiro atoms. The zero-order valence-corrected chi connectivity index (χ0v) is 13.2. The van der Waals surface area contributed by atoms with Gasteiger partial charge in [-0.05, 0) is 37.1 Å². The van der Waals surface area contributed by atoms with Gasteiger partial charge in [-0.3, -0.25) is 9.59 Å². The molecule has 1 aromatic rings. The first-order valence-electron chi connectivity index (χ1n) is 7.92. The lowest BCUT2D eigenvalue weighted by Crippen LogP contribution is -2.42. The molecule has 7 nitrogen and oxygen atoms in total. The second-order valence-electron chi connectivity index (χ2n) is 5.84. The number of amides is 3. The Balaban J connectivity index is 2.03. The van der Waals surface area contributed by atoms with Gasteiger partial charge in [0.25, 0.3) is 0 Å². The van der Waals surface area contributed by atoms with Gasteiger partial charge in [-0.15, -0.1) is 0 Å². The molecule has 1 aliphatic rings. The van der Waals surface area contributed by atoms with Gasteiger partial charge in [0.05, 0.1) is 6.07 Å². The molecule has 0 saturated heterocycles. The van der Waals surface area contributed by atoms with Crippen molar-refractivity contribution in [3.63, 3.8) is 0 Å². The molecule has 1 fully saturated rings. The molecule has 0 aromatic heterocycles. The first kappa shape index (κ1) is 17.5. The lowest BCUT2D eigenvalue weighted by molar-refractivity contribution is -0.123. The highest BCUT2D eigenvalue weighted by atomic mass is 16.2. The number of carbonyl (C=O) groups excluding carboxylic acids is 3. The van der Waals surface area contributed by atoms with Crippen molar-refractivity contribution in [1.29, 1.82) is 5.26 Å². The summed E-state index contributed by atoms with van der Waals surface area (Å²) in [5.41, 5.74) is 5.67. The number of ketones is 1. The summed E-state index contributed by atoms with van der Waals surface area (Å²) in [6, 6.07) is 7.00. The fourth-order valence-electron chi connectivity index (χ4n) is 2.79. The highest BCUT2D eigenvalue weighted by Gasteiger charge is 2.29. The van der Waals surface area contributed by atoms with Crippen LogP contribution in [0.4, 0.5) is 10.5 Å². The monoisotopic (exact) mass is 328 g/mol. The van der Waals surface area contributed by atoms with Crippen molar-refractivity contribution in [2.24, 2.45) is 11.7 Å². The van der Waals surface area contributed by atoms with Crippen LogP contribution in [0.1, 0.15) is 42.5 Å². The van der Waals surface area contributed by atoms with Gasteiger partial charge in [0.1, 0.15) is 0 Å². The molecule has 2 rings (SSSR count). The minimum absolute atomic E-state index is 0.0389. The highest BCUT2D eigenvalue weighted by Crippen LogP contribution is 2.19. The van der Waals surface area contributed by atoms with E-state index in [2.05, 4.69) is 10.6 Å². The predicted octanol–water partition coefficient (Wildman–Crippen LogP) is 1.95. The largest absolute Gasteiger partial charge is 0.352 e. The average molecular weight is 328 g/mol. The average Bonchev–Trinajstić information content (AvgIpc) is 2.56. The molecule has 0 heterocycles. The third kappa shape index (κ3) is 4.56. The second kappa shape index (κ2) is 8.11. The SMILES string of the molecule is N#CC(C(=O)NC1CCCCC1)C(=O)c1ccc(NC(N)=O)cc1. The highest BCUT2D eigenvalue weighted by molar-refractivity contribution is 6.12. The summed E-state index contributed by atoms with van der Waals surface area (Å²) in [5, 5.41) is 14.4. The van der Waals surface area contributed by atoms with Crippen LogP contribution in [0.2, 0.25) is 0 Å². The summed E-state index contributed by atoms with van der Waals surface area (Å²) in [6.07, 6.45) is 5.00. The molecule has 1 aromatic carbocycles. The van der Waals surface area contributed by atoms with Crippen molar-refractivity contribution in [2.75, 3.05) is 5.32 Å². The number of nitrogens with zero attached hydrogens (tertiary/aromatic N) is 1. The van der Waals surface area contributed by atoms with Crippen LogP contribution < -0.4 is 16.4 Å². The van der Waals surface area contributed by atoms with E-state index in [4.69, 9.17) is 5.73 Å². The number of rotatable bonds is 5. The number of benzene rings is 1. The fraction of sp³-hybridized carbons (Fsp3) is 0.412. The Labute approximate surface area is 140 Å². The number of primary amides is 1. The molecule has 0 radical (unpaired) electrons. The van der Waals surface area contributed by atoms with Gasteiger partial charge in [0.15, 0.2) is 11.7 Å². The van der Waals surface area contributed by atoms with E-state index >= 15 is 0 Å². The molecule has 0 aliphatic heterocycles. The summed E-state index contributed by atoms with van der Waals surface area (Å²) >= 11 is 0. The number of anilines is 1. The Hall–Kier alpha value is -2.88. The van der Waals surface area contributed by atoms with E-state index in [0.29, 0.717) is 5.69 Å². The number of nitrogens with two attached hydrogens (primary N) is 1. The first-order chi connectivity index (χ1) is 11.5. The van der Waals surface area contributed by atoms with Crippen LogP contribution in [0.15, 0.2) is 24.3 Å². The third-order valence-corrected chi connectivity index (χ3v) is 4.04. The lowest BCUT2D eigenvalue weighted by atomic mass is 9.93. The summed E-state index contributed by atoms with van der Waals surface area (Å²) in [5.74, 6) is -2.48. The minimum Gasteiger partial charge on any atom is -0.352 e. The van der Waals surface area contributed by atoms with Gasteiger partial charge >= 0.3 is 6.03 Å².